The van der Waals surface area contributed by atoms with Gasteiger partial charge in [0.1, 0.15) is 34.7 Å². The number of carbonyl (C=O) groups is 2. The molecule has 1 amide bonds. The summed E-state index contributed by atoms with van der Waals surface area (Å²) in [6.07, 6.45) is 2.05. The summed E-state index contributed by atoms with van der Waals surface area (Å²) >= 11 is 0. The molecule has 0 saturated carbocycles. The second-order valence-corrected chi connectivity index (χ2v) is 11.9. The Morgan fingerprint density at radius 1 is 0.882 bits per heavy atom. The largest absolute Gasteiger partial charge is 0.496 e. The van der Waals surface area contributed by atoms with Crippen LogP contribution in [0.15, 0.2) is 85.1 Å². The molecule has 1 atom stereocenters. The van der Waals surface area contributed by atoms with E-state index in [-0.39, 0.29) is 17.3 Å². The zero-order chi connectivity index (χ0) is 36.1. The molecule has 11 heteroatoms. The Balaban J connectivity index is 1.33. The van der Waals surface area contributed by atoms with Crippen LogP contribution in [0.25, 0.3) is 32.9 Å². The number of aromatic amines is 1. The van der Waals surface area contributed by atoms with Crippen LogP contribution in [0.1, 0.15) is 39.7 Å². The number of rotatable bonds is 13. The number of nitrogens with one attached hydrogen (secondary N) is 2. The Morgan fingerprint density at radius 3 is 2.31 bits per heavy atom. The second kappa shape index (κ2) is 15.4. The van der Waals surface area contributed by atoms with Crippen molar-refractivity contribution < 1.29 is 37.3 Å². The van der Waals surface area contributed by atoms with Gasteiger partial charge in [-0.2, -0.15) is 0 Å². The van der Waals surface area contributed by atoms with Gasteiger partial charge in [0.25, 0.3) is 5.91 Å². The standard InChI is InChI=1S/C40H37F2N3O6/c1-5-51-22-24-17-33(48-2)35(34(18-24)49-3)28-14-13-25(27-12-9-15-43-38(27)28)19-32(40(47)50-4)45-39(46)36-30(41)21-31-29(37(36)42)20-26(44-31)16-23-10-7-6-8-11-23/h6-15,17-18,20-21,32,44H,5,16,19,22H2,1-4H3,(H,45,46)/t32-/m0/s1. The molecule has 0 aliphatic heterocycles. The van der Waals surface area contributed by atoms with Crippen molar-refractivity contribution in [1.82, 2.24) is 15.3 Å². The molecule has 0 saturated heterocycles. The van der Waals surface area contributed by atoms with Gasteiger partial charge in [-0.3, -0.25) is 9.78 Å². The third-order valence-corrected chi connectivity index (χ3v) is 8.72. The van der Waals surface area contributed by atoms with Crippen LogP contribution in [0.5, 0.6) is 11.5 Å². The number of nitrogens with zero attached hydrogens (tertiary/aromatic N) is 1. The number of benzene rings is 4. The van der Waals surface area contributed by atoms with E-state index in [2.05, 4.69) is 15.3 Å². The number of halogens is 2. The first-order valence-electron chi connectivity index (χ1n) is 16.4. The predicted octanol–water partition coefficient (Wildman–Crippen LogP) is 7.32. The van der Waals surface area contributed by atoms with Gasteiger partial charge in [-0.25, -0.2) is 13.6 Å². The van der Waals surface area contributed by atoms with Crippen molar-refractivity contribution in [3.8, 4) is 22.6 Å². The van der Waals surface area contributed by atoms with E-state index in [0.717, 1.165) is 17.2 Å². The highest BCUT2D eigenvalue weighted by Crippen LogP contribution is 2.43. The van der Waals surface area contributed by atoms with Crippen molar-refractivity contribution in [2.24, 2.45) is 0 Å². The normalized spacial score (nSPS) is 11.8. The minimum atomic E-state index is -1.28. The van der Waals surface area contributed by atoms with E-state index in [1.54, 1.807) is 38.6 Å². The molecule has 0 aliphatic rings. The second-order valence-electron chi connectivity index (χ2n) is 11.9. The first-order chi connectivity index (χ1) is 24.8. The number of hydrogen-bond acceptors (Lipinski definition) is 7. The fourth-order valence-electron chi connectivity index (χ4n) is 6.31. The lowest BCUT2D eigenvalue weighted by atomic mass is 9.93. The Kier molecular flexibility index (Phi) is 10.6. The van der Waals surface area contributed by atoms with Gasteiger partial charge in [-0.15, -0.1) is 0 Å². The first-order valence-corrected chi connectivity index (χ1v) is 16.4. The SMILES string of the molecule is CCOCc1cc(OC)c(-c2ccc(C[C@H](NC(=O)c3c(F)cc4[nH]c(Cc5ccccc5)cc4c3F)C(=O)OC)c3cccnc23)c(OC)c1. The van der Waals surface area contributed by atoms with Crippen molar-refractivity contribution in [1.29, 1.82) is 0 Å². The smallest absolute Gasteiger partial charge is 0.328 e. The summed E-state index contributed by atoms with van der Waals surface area (Å²) in [4.78, 5) is 34.3. The summed E-state index contributed by atoms with van der Waals surface area (Å²) in [6, 6.07) is 21.9. The Labute approximate surface area is 293 Å². The average Bonchev–Trinajstić information content (AvgIpc) is 3.55. The van der Waals surface area contributed by atoms with Crippen molar-refractivity contribution in [2.75, 3.05) is 27.9 Å². The minimum Gasteiger partial charge on any atom is -0.496 e. The van der Waals surface area contributed by atoms with E-state index in [1.807, 2.05) is 61.5 Å². The van der Waals surface area contributed by atoms with Crippen LogP contribution in [0.3, 0.4) is 0 Å². The van der Waals surface area contributed by atoms with Gasteiger partial charge in [-0.1, -0.05) is 48.5 Å². The lowest BCUT2D eigenvalue weighted by Gasteiger charge is -2.20. The quantitative estimate of drug-likeness (QED) is 0.122. The van der Waals surface area contributed by atoms with Crippen LogP contribution in [0.4, 0.5) is 8.78 Å². The zero-order valence-corrected chi connectivity index (χ0v) is 28.6. The lowest BCUT2D eigenvalue weighted by molar-refractivity contribution is -0.142. The fraction of sp³-hybridized carbons (Fsp3) is 0.225. The summed E-state index contributed by atoms with van der Waals surface area (Å²) in [6.45, 7) is 2.85. The molecule has 2 heterocycles. The molecule has 2 aromatic heterocycles. The molecule has 6 aromatic rings. The Hall–Kier alpha value is -5.81. The van der Waals surface area contributed by atoms with Gasteiger partial charge in [0.15, 0.2) is 0 Å². The predicted molar refractivity (Wildman–Crippen MR) is 190 cm³/mol. The molecule has 4 aromatic carbocycles. The fourth-order valence-corrected chi connectivity index (χ4v) is 6.31. The van der Waals surface area contributed by atoms with Crippen LogP contribution >= 0.6 is 0 Å². The highest BCUT2D eigenvalue weighted by Gasteiger charge is 2.29. The third kappa shape index (κ3) is 7.25. The molecular weight excluding hydrogens is 656 g/mol. The van der Waals surface area contributed by atoms with Gasteiger partial charge in [-0.05, 0) is 53.9 Å². The number of methoxy groups -OCH3 is 3. The summed E-state index contributed by atoms with van der Waals surface area (Å²) < 4.78 is 53.4. The lowest BCUT2D eigenvalue weighted by Crippen LogP contribution is -2.43. The molecule has 9 nitrogen and oxygen atoms in total. The van der Waals surface area contributed by atoms with E-state index in [1.165, 1.54) is 7.11 Å². The number of H-pyrrole nitrogens is 1. The van der Waals surface area contributed by atoms with Crippen LogP contribution in [-0.4, -0.2) is 55.8 Å². The highest BCUT2D eigenvalue weighted by molar-refractivity contribution is 6.02. The summed E-state index contributed by atoms with van der Waals surface area (Å²) in [5.74, 6) is -2.86. The maximum atomic E-state index is 15.8. The van der Waals surface area contributed by atoms with Gasteiger partial charge < -0.3 is 29.2 Å². The number of aromatic nitrogens is 2. The monoisotopic (exact) mass is 693 g/mol. The molecule has 0 aliphatic carbocycles. The van der Waals surface area contributed by atoms with Crippen molar-refractivity contribution in [3.63, 3.8) is 0 Å². The zero-order valence-electron chi connectivity index (χ0n) is 28.6. The van der Waals surface area contributed by atoms with Gasteiger partial charge in [0, 0.05) is 47.7 Å². The molecule has 6 rings (SSSR count). The number of amides is 1. The van der Waals surface area contributed by atoms with E-state index >= 15 is 8.78 Å². The van der Waals surface area contributed by atoms with Crippen LogP contribution in [0, 0.1) is 11.6 Å². The molecule has 0 unspecified atom stereocenters. The summed E-state index contributed by atoms with van der Waals surface area (Å²) in [7, 11) is 4.32. The average molecular weight is 694 g/mol. The molecule has 2 N–H and O–H groups in total. The Bertz CT molecular complexity index is 2190. The topological polar surface area (TPSA) is 112 Å². The van der Waals surface area contributed by atoms with Crippen molar-refractivity contribution in [3.05, 3.63) is 125 Å². The summed E-state index contributed by atoms with van der Waals surface area (Å²) in [5.41, 5.74) is 4.52. The number of hydrogen-bond donors (Lipinski definition) is 2. The molecule has 51 heavy (non-hydrogen) atoms. The minimum absolute atomic E-state index is 0.0562. The number of pyridine rings is 1. The maximum absolute atomic E-state index is 15.8. The van der Waals surface area contributed by atoms with E-state index in [9.17, 15) is 9.59 Å². The third-order valence-electron chi connectivity index (χ3n) is 8.72. The van der Waals surface area contributed by atoms with Crippen LogP contribution in [-0.2, 0) is 33.7 Å². The number of carbonyl (C=O) groups excluding carboxylic acids is 2. The van der Waals surface area contributed by atoms with Crippen LogP contribution in [0.2, 0.25) is 0 Å². The molecule has 0 spiro atoms. The molecule has 0 radical (unpaired) electrons. The number of esters is 1. The van der Waals surface area contributed by atoms with Gasteiger partial charge in [0.05, 0.1) is 44.5 Å². The van der Waals surface area contributed by atoms with E-state index < -0.39 is 35.1 Å². The van der Waals surface area contributed by atoms with Crippen molar-refractivity contribution in [2.45, 2.75) is 32.4 Å². The van der Waals surface area contributed by atoms with E-state index in [0.29, 0.717) is 64.4 Å². The maximum Gasteiger partial charge on any atom is 0.328 e. The van der Waals surface area contributed by atoms with Crippen molar-refractivity contribution >= 4 is 33.7 Å². The first kappa shape index (κ1) is 35.0. The Morgan fingerprint density at radius 2 is 1.63 bits per heavy atom. The van der Waals surface area contributed by atoms with Gasteiger partial charge >= 0.3 is 5.97 Å². The number of fused-ring (bicyclic) bond motifs is 2. The van der Waals surface area contributed by atoms with E-state index in [4.69, 9.17) is 18.9 Å². The highest BCUT2D eigenvalue weighted by atomic mass is 19.1. The number of ether oxygens (including phenoxy) is 4. The van der Waals surface area contributed by atoms with Crippen LogP contribution < -0.4 is 14.8 Å². The molecule has 0 fully saturated rings. The summed E-state index contributed by atoms with van der Waals surface area (Å²) in [5, 5.41) is 3.26. The van der Waals surface area contributed by atoms with Gasteiger partial charge in [0.2, 0.25) is 0 Å². The molecule has 262 valence electrons. The molecular formula is C40H37F2N3O6. The molecule has 0 bridgehead atoms.